The van der Waals surface area contributed by atoms with Gasteiger partial charge in [0.1, 0.15) is 0 Å². The Bertz CT molecular complexity index is 259. The van der Waals surface area contributed by atoms with E-state index in [9.17, 15) is 0 Å². The molecule has 12 nitrogen and oxygen atoms in total. The molecule has 0 saturated heterocycles. The van der Waals surface area contributed by atoms with Gasteiger partial charge >= 0.3 is 72.4 Å². The predicted molar refractivity (Wildman–Crippen MR) is 59.6 cm³/mol. The van der Waals surface area contributed by atoms with Crippen LogP contribution in [0.3, 0.4) is 0 Å². The van der Waals surface area contributed by atoms with Crippen LogP contribution >= 0.6 is 0 Å². The molecular weight excluding hydrogens is 580 g/mol. The Kier molecular flexibility index (Phi) is 5340. The van der Waals surface area contributed by atoms with Gasteiger partial charge in [-0.25, -0.2) is 0 Å². The van der Waals surface area contributed by atoms with Crippen molar-refractivity contribution < 1.29 is 72.4 Å². The van der Waals surface area contributed by atoms with Crippen LogP contribution in [0.5, 0.6) is 0 Å². The van der Waals surface area contributed by atoms with Crippen LogP contribution in [0.2, 0.25) is 0 Å². The maximum absolute atomic E-state index is 6.25. The zero-order chi connectivity index (χ0) is 28.0. The third-order valence-electron chi connectivity index (χ3n) is 0. The van der Waals surface area contributed by atoms with Gasteiger partial charge in [-0.2, -0.15) is 0 Å². The molecule has 29 heavy (non-hydrogen) atoms. The first-order chi connectivity index (χ1) is 14.0. The summed E-state index contributed by atoms with van der Waals surface area (Å²) in [6, 6.07) is 0. The molecule has 0 fully saturated rings. The van der Waals surface area contributed by atoms with Gasteiger partial charge in [0.2, 0.25) is 0 Å². The summed E-state index contributed by atoms with van der Waals surface area (Å²) in [4.78, 5) is 0. The molecule has 0 spiro atoms. The van der Waals surface area contributed by atoms with Crippen molar-refractivity contribution in [2.75, 3.05) is 0 Å². The Hall–Kier alpha value is -3.48. The summed E-state index contributed by atoms with van der Waals surface area (Å²) in [6.45, 7) is 57.0. The first-order valence-electron chi connectivity index (χ1n) is 2.97. The Morgan fingerprint density at radius 3 is 0.241 bits per heavy atom. The van der Waals surface area contributed by atoms with Gasteiger partial charge in [-0.1, -0.05) is 0 Å². The summed E-state index contributed by atoms with van der Waals surface area (Å²) in [6.07, 6.45) is 0. The first-order valence-corrected chi connectivity index (χ1v) is 7.59. The van der Waals surface area contributed by atoms with Crippen LogP contribution in [0.25, 0.3) is 0 Å². The van der Waals surface area contributed by atoms with E-state index in [1.54, 1.807) is 0 Å². The van der Waals surface area contributed by atoms with Crippen LogP contribution in [0.15, 0.2) is 0 Å². The molecule has 0 saturated carbocycles. The number of rotatable bonds is 0. The van der Waals surface area contributed by atoms with E-state index in [1.807, 2.05) is 0 Å². The molecule has 0 rings (SSSR count). The summed E-state index contributed by atoms with van der Waals surface area (Å²) in [5, 5.41) is 75.0. The maximum atomic E-state index is 6.25. The molecule has 0 heterocycles. The normalized spacial score (nSPS) is 1.17. The van der Waals surface area contributed by atoms with Crippen LogP contribution in [-0.4, -0.2) is 0 Å². The van der Waals surface area contributed by atoms with E-state index in [0.29, 0.717) is 0 Å². The second-order valence-electron chi connectivity index (χ2n) is 0. The standard InChI is InChI=1S/12CN.3Cr.2Fe/c12*1-2;;;;;/q12*-1;;;+2;;. The summed E-state index contributed by atoms with van der Waals surface area (Å²) in [5.41, 5.74) is 0. The third kappa shape index (κ3) is 1020. The summed E-state index contributed by atoms with van der Waals surface area (Å²) < 4.78 is 0. The van der Waals surface area contributed by atoms with Crippen molar-refractivity contribution in [2.45, 2.75) is 0 Å². The van der Waals surface area contributed by atoms with Crippen LogP contribution in [0.1, 0.15) is 0 Å². The Morgan fingerprint density at radius 1 is 0.241 bits per heavy atom. The van der Waals surface area contributed by atoms with Gasteiger partial charge in [0.25, 0.3) is 0 Å². The van der Waals surface area contributed by atoms with Crippen molar-refractivity contribution in [2.24, 2.45) is 0 Å². The topological polar surface area (TPSA) is 285 Å². The molecule has 0 aliphatic heterocycles. The van der Waals surface area contributed by atoms with E-state index in [-0.39, 0.29) is 17.4 Å². The van der Waals surface area contributed by atoms with E-state index < -0.39 is 0 Å². The molecule has 0 aromatic rings. The first kappa shape index (κ1) is 139. The second-order valence-corrected chi connectivity index (χ2v) is 0. The zero-order valence-electron chi connectivity index (χ0n) is 13.3. The molecule has 0 aliphatic rings. The minimum absolute atomic E-state index is 0. The van der Waals surface area contributed by atoms with Gasteiger partial charge in [-0.05, 0) is 0 Å². The zero-order valence-corrected chi connectivity index (χ0v) is 19.3. The average Bonchev–Trinajstić information content (AvgIpc) is 2.95. The van der Waals surface area contributed by atoms with E-state index >= 15 is 0 Å². The second kappa shape index (κ2) is 1120. The molecule has 0 atom stereocenters. The molecule has 0 N–H and O–H groups in total. The van der Waals surface area contributed by atoms with E-state index in [0.717, 1.165) is 0 Å². The molecule has 0 aromatic carbocycles. The monoisotopic (exact) mass is 580 g/mol. The van der Waals surface area contributed by atoms with Gasteiger partial charge in [0.05, 0.1) is 0 Å². The van der Waals surface area contributed by atoms with Crippen LogP contribution < -0.4 is 0 Å². The molecule has 0 bridgehead atoms. The van der Waals surface area contributed by atoms with Crippen molar-refractivity contribution in [3.8, 4) is 0 Å². The van der Waals surface area contributed by atoms with Gasteiger partial charge in [0, 0.05) is 0 Å². The Balaban J connectivity index is -0.00000000558. The van der Waals surface area contributed by atoms with E-state index in [4.69, 9.17) is 142 Å². The van der Waals surface area contributed by atoms with Gasteiger partial charge in [-0.3, -0.25) is 0 Å². The van der Waals surface area contributed by atoms with Crippen molar-refractivity contribution in [3.63, 3.8) is 0 Å². The van der Waals surface area contributed by atoms with E-state index in [1.165, 1.54) is 0 Å². The summed E-state index contributed by atoms with van der Waals surface area (Å²) in [5.74, 6) is 0. The van der Waals surface area contributed by atoms with Crippen LogP contribution in [0, 0.1) is 142 Å². The number of nitrogens with zero attached hydrogens (tertiary/aromatic N) is 12. The minimum atomic E-state index is 0. The van der Waals surface area contributed by atoms with Gasteiger partial charge in [-0.15, -0.1) is 0 Å². The quantitative estimate of drug-likeness (QED) is 0.288. The summed E-state index contributed by atoms with van der Waals surface area (Å²) >= 11 is 11.0. The van der Waals surface area contributed by atoms with Crippen molar-refractivity contribution in [3.05, 3.63) is 78.9 Å². The molecule has 0 aromatic heterocycles. The fraction of sp³-hybridized carbons (Fsp3) is 0. The summed E-state index contributed by atoms with van der Waals surface area (Å²) in [7, 11) is 0. The van der Waals surface area contributed by atoms with E-state index in [2.05, 4.69) is 55.0 Å². The van der Waals surface area contributed by atoms with Gasteiger partial charge < -0.3 is 142 Å². The Labute approximate surface area is 212 Å². The molecule has 0 aliphatic carbocycles. The van der Waals surface area contributed by atoms with Crippen LogP contribution in [-0.2, 0) is 72.4 Å². The molecule has 0 radical (unpaired) electrons. The van der Waals surface area contributed by atoms with Crippen LogP contribution in [0.4, 0.5) is 0 Å². The van der Waals surface area contributed by atoms with Crippen molar-refractivity contribution in [1.29, 1.82) is 63.1 Å². The Morgan fingerprint density at radius 2 is 0.241 bits per heavy atom. The predicted octanol–water partition coefficient (Wildman–Crippen LogP) is 1.14. The molecule has 17 heteroatoms. The third-order valence-corrected chi connectivity index (χ3v) is 0. The van der Waals surface area contributed by atoms with Crippen molar-refractivity contribution in [1.82, 2.24) is 0 Å². The number of hydrogen-bond donors (Lipinski definition) is 0. The molecule has 152 valence electrons. The average molecular weight is 580 g/mol. The molecular formula is C12Cr3Fe2N12-10. The fourth-order valence-electron chi connectivity index (χ4n) is 0. The van der Waals surface area contributed by atoms with Crippen molar-refractivity contribution >= 4 is 0 Å². The fourth-order valence-corrected chi connectivity index (χ4v) is 0. The molecule has 0 unspecified atom stereocenters. The SMILES string of the molecule is [C-]#N.[C-]#N.[C-]#N.[C-]#N.[C-]#N.[C-]#N.[C-]#N.[C-]#N.[C-]#N.[C-]#N.[C-]#N.[C-]#N.[Cr+2].[Cr]=[Fe].[Cr]=[Fe]. The van der Waals surface area contributed by atoms with Gasteiger partial charge in [0.15, 0.2) is 0 Å². The molecule has 0 amide bonds. The number of hydrogen-bond acceptors (Lipinski definition) is 12.